The minimum Gasteiger partial charge on any atom is -0.368 e. The van der Waals surface area contributed by atoms with Crippen molar-refractivity contribution in [2.24, 2.45) is 0 Å². The van der Waals surface area contributed by atoms with E-state index in [2.05, 4.69) is 25.3 Å². The molecule has 1 saturated heterocycles. The van der Waals surface area contributed by atoms with Crippen LogP contribution in [-0.4, -0.2) is 37.3 Å². The van der Waals surface area contributed by atoms with Crippen LogP contribution in [0.5, 0.6) is 0 Å². The Morgan fingerprint density at radius 1 is 1.00 bits per heavy atom. The van der Waals surface area contributed by atoms with Crippen molar-refractivity contribution >= 4 is 23.5 Å². The van der Waals surface area contributed by atoms with Crippen LogP contribution in [0.2, 0.25) is 0 Å². The third-order valence-electron chi connectivity index (χ3n) is 6.01. The molecule has 8 nitrogen and oxygen atoms in total. The minimum atomic E-state index is -0.377. The standard InChI is InChI=1S/C26H24FN7O/c27-21-10-2-1-9-19(21)20-16-31-25(28)33-23(20)22-11-3-4-14-34(22)24(35)17-7-5-8-18(15-17)32-26-29-12-6-13-30-26/h1-2,5-10,12-13,15-16,22H,3-4,11,14H2,(H2,28,31,33)(H,29,30,32)/t22-/m1/s1. The van der Waals surface area contributed by atoms with Crippen molar-refractivity contribution in [3.05, 3.63) is 90.3 Å². The van der Waals surface area contributed by atoms with Crippen LogP contribution in [0, 0.1) is 5.82 Å². The lowest BCUT2D eigenvalue weighted by molar-refractivity contribution is 0.0607. The van der Waals surface area contributed by atoms with Crippen LogP contribution in [0.3, 0.4) is 0 Å². The lowest BCUT2D eigenvalue weighted by Gasteiger charge is -2.36. The predicted molar refractivity (Wildman–Crippen MR) is 131 cm³/mol. The maximum atomic E-state index is 14.7. The Hall–Kier alpha value is -4.40. The van der Waals surface area contributed by atoms with Gasteiger partial charge in [-0.25, -0.2) is 24.3 Å². The monoisotopic (exact) mass is 469 g/mol. The van der Waals surface area contributed by atoms with Crippen LogP contribution in [0.4, 0.5) is 22.0 Å². The number of halogens is 1. The van der Waals surface area contributed by atoms with Gasteiger partial charge in [-0.2, -0.15) is 0 Å². The first-order valence-corrected chi connectivity index (χ1v) is 11.4. The molecular formula is C26H24FN7O. The molecule has 4 aromatic rings. The van der Waals surface area contributed by atoms with Crippen molar-refractivity contribution in [2.45, 2.75) is 25.3 Å². The van der Waals surface area contributed by atoms with Gasteiger partial charge in [-0.15, -0.1) is 0 Å². The zero-order valence-corrected chi connectivity index (χ0v) is 18.9. The van der Waals surface area contributed by atoms with E-state index < -0.39 is 0 Å². The first-order chi connectivity index (χ1) is 17.1. The molecule has 1 fully saturated rings. The summed E-state index contributed by atoms with van der Waals surface area (Å²) in [6.45, 7) is 0.559. The summed E-state index contributed by atoms with van der Waals surface area (Å²) in [4.78, 5) is 32.4. The van der Waals surface area contributed by atoms with Crippen LogP contribution in [0.1, 0.15) is 41.4 Å². The molecule has 9 heteroatoms. The second kappa shape index (κ2) is 9.84. The molecule has 0 spiro atoms. The number of likely N-dealkylation sites (tertiary alicyclic amines) is 1. The van der Waals surface area contributed by atoms with Gasteiger partial charge in [0.15, 0.2) is 0 Å². The van der Waals surface area contributed by atoms with Gasteiger partial charge in [0.1, 0.15) is 5.82 Å². The summed E-state index contributed by atoms with van der Waals surface area (Å²) in [5.41, 5.74) is 8.64. The molecule has 1 amide bonds. The number of benzene rings is 2. The van der Waals surface area contributed by atoms with Crippen LogP contribution in [0.25, 0.3) is 11.1 Å². The number of nitrogens with one attached hydrogen (secondary N) is 1. The number of piperidine rings is 1. The maximum absolute atomic E-state index is 14.7. The number of nitrogens with zero attached hydrogens (tertiary/aromatic N) is 5. The summed E-state index contributed by atoms with van der Waals surface area (Å²) in [7, 11) is 0. The molecule has 2 aromatic heterocycles. The molecule has 0 unspecified atom stereocenters. The molecule has 176 valence electrons. The number of anilines is 3. The summed E-state index contributed by atoms with van der Waals surface area (Å²) in [6.07, 6.45) is 7.30. The number of nitrogens with two attached hydrogens (primary N) is 1. The highest BCUT2D eigenvalue weighted by Gasteiger charge is 2.32. The van der Waals surface area contributed by atoms with Gasteiger partial charge < -0.3 is 16.0 Å². The number of amides is 1. The van der Waals surface area contributed by atoms with Crippen LogP contribution in [0.15, 0.2) is 73.2 Å². The van der Waals surface area contributed by atoms with E-state index in [1.54, 1.807) is 53.7 Å². The first kappa shape index (κ1) is 22.4. The summed E-state index contributed by atoms with van der Waals surface area (Å²) in [6, 6.07) is 15.1. The number of rotatable bonds is 5. The van der Waals surface area contributed by atoms with E-state index in [4.69, 9.17) is 5.73 Å². The second-order valence-electron chi connectivity index (χ2n) is 8.30. The van der Waals surface area contributed by atoms with Gasteiger partial charge >= 0.3 is 0 Å². The third kappa shape index (κ3) is 4.79. The average Bonchev–Trinajstić information content (AvgIpc) is 2.89. The quantitative estimate of drug-likeness (QED) is 0.433. The van der Waals surface area contributed by atoms with Gasteiger partial charge in [-0.3, -0.25) is 4.79 Å². The van der Waals surface area contributed by atoms with E-state index >= 15 is 0 Å². The van der Waals surface area contributed by atoms with Crippen molar-refractivity contribution < 1.29 is 9.18 Å². The summed E-state index contributed by atoms with van der Waals surface area (Å²) < 4.78 is 14.7. The zero-order chi connectivity index (χ0) is 24.2. The minimum absolute atomic E-state index is 0.0899. The van der Waals surface area contributed by atoms with Crippen molar-refractivity contribution in [1.29, 1.82) is 0 Å². The van der Waals surface area contributed by atoms with Gasteiger partial charge in [-0.05, 0) is 49.6 Å². The molecule has 0 radical (unpaired) electrons. The molecule has 35 heavy (non-hydrogen) atoms. The predicted octanol–water partition coefficient (Wildman–Crippen LogP) is 4.77. The molecule has 1 atom stereocenters. The number of hydrogen-bond donors (Lipinski definition) is 2. The average molecular weight is 470 g/mol. The number of nitrogen functional groups attached to an aromatic ring is 1. The van der Waals surface area contributed by atoms with Gasteiger partial charge in [0.2, 0.25) is 11.9 Å². The maximum Gasteiger partial charge on any atom is 0.254 e. The van der Waals surface area contributed by atoms with Crippen LogP contribution < -0.4 is 11.1 Å². The molecule has 2 aromatic carbocycles. The molecule has 1 aliphatic heterocycles. The first-order valence-electron chi connectivity index (χ1n) is 11.4. The fourth-order valence-corrected chi connectivity index (χ4v) is 4.40. The normalized spacial score (nSPS) is 15.6. The Labute approximate surface area is 202 Å². The zero-order valence-electron chi connectivity index (χ0n) is 18.9. The Bertz CT molecular complexity index is 1350. The lowest BCUT2D eigenvalue weighted by Crippen LogP contribution is -2.39. The van der Waals surface area contributed by atoms with Gasteiger partial charge in [0, 0.05) is 47.5 Å². The molecule has 1 aliphatic rings. The highest BCUT2D eigenvalue weighted by molar-refractivity contribution is 5.95. The number of hydrogen-bond acceptors (Lipinski definition) is 7. The van der Waals surface area contributed by atoms with E-state index in [-0.39, 0.29) is 23.7 Å². The third-order valence-corrected chi connectivity index (χ3v) is 6.01. The number of carbonyl (C=O) groups excluding carboxylic acids is 1. The van der Waals surface area contributed by atoms with E-state index in [0.717, 1.165) is 12.8 Å². The van der Waals surface area contributed by atoms with Gasteiger partial charge in [-0.1, -0.05) is 24.3 Å². The lowest BCUT2D eigenvalue weighted by atomic mass is 9.93. The Morgan fingerprint density at radius 3 is 2.66 bits per heavy atom. The molecule has 0 bridgehead atoms. The Morgan fingerprint density at radius 2 is 1.83 bits per heavy atom. The molecular weight excluding hydrogens is 445 g/mol. The summed E-state index contributed by atoms with van der Waals surface area (Å²) >= 11 is 0. The molecule has 3 heterocycles. The Kier molecular flexibility index (Phi) is 6.30. The molecule has 0 aliphatic carbocycles. The van der Waals surface area contributed by atoms with Crippen molar-refractivity contribution in [3.8, 4) is 11.1 Å². The number of aromatic nitrogens is 4. The fourth-order valence-electron chi connectivity index (χ4n) is 4.40. The van der Waals surface area contributed by atoms with Crippen molar-refractivity contribution in [1.82, 2.24) is 24.8 Å². The van der Waals surface area contributed by atoms with E-state index in [9.17, 15) is 9.18 Å². The van der Waals surface area contributed by atoms with Crippen molar-refractivity contribution in [3.63, 3.8) is 0 Å². The second-order valence-corrected chi connectivity index (χ2v) is 8.30. The molecule has 0 saturated carbocycles. The summed E-state index contributed by atoms with van der Waals surface area (Å²) in [5.74, 6) is 0.0211. The topological polar surface area (TPSA) is 110 Å². The van der Waals surface area contributed by atoms with E-state index in [0.29, 0.717) is 47.0 Å². The highest BCUT2D eigenvalue weighted by atomic mass is 19.1. The fraction of sp³-hybridized carbons (Fsp3) is 0.192. The summed E-state index contributed by atoms with van der Waals surface area (Å²) in [5, 5.41) is 3.12. The number of carbonyl (C=O) groups is 1. The van der Waals surface area contributed by atoms with Gasteiger partial charge in [0.05, 0.1) is 11.7 Å². The highest BCUT2D eigenvalue weighted by Crippen LogP contribution is 2.37. The van der Waals surface area contributed by atoms with Crippen molar-refractivity contribution in [2.75, 3.05) is 17.6 Å². The molecule has 3 N–H and O–H groups in total. The van der Waals surface area contributed by atoms with Crippen LogP contribution in [-0.2, 0) is 0 Å². The van der Waals surface area contributed by atoms with Crippen LogP contribution >= 0.6 is 0 Å². The van der Waals surface area contributed by atoms with Gasteiger partial charge in [0.25, 0.3) is 5.91 Å². The molecule has 5 rings (SSSR count). The largest absolute Gasteiger partial charge is 0.368 e. The smallest absolute Gasteiger partial charge is 0.254 e. The van der Waals surface area contributed by atoms with E-state index in [1.807, 2.05) is 12.1 Å². The van der Waals surface area contributed by atoms with E-state index in [1.165, 1.54) is 12.3 Å². The SMILES string of the molecule is Nc1ncc(-c2ccccc2F)c([C@H]2CCCCN2C(=O)c2cccc(Nc3ncccn3)c2)n1. The Balaban J connectivity index is 1.49.